The molecule has 3 rings (SSSR count). The van der Waals surface area contributed by atoms with Crippen LogP contribution in [0.15, 0.2) is 54.7 Å². The van der Waals surface area contributed by atoms with Gasteiger partial charge in [-0.15, -0.1) is 11.3 Å². The molecule has 2 aromatic carbocycles. The second-order valence-electron chi connectivity index (χ2n) is 8.12. The number of rotatable bonds is 12. The molecule has 1 aromatic heterocycles. The first-order valence-electron chi connectivity index (χ1n) is 10.8. The lowest BCUT2D eigenvalue weighted by Gasteiger charge is -2.21. The molecule has 1 heterocycles. The van der Waals surface area contributed by atoms with E-state index >= 15 is 0 Å². The number of nitrogens with zero attached hydrogens (tertiary/aromatic N) is 1. The Kier molecular flexibility index (Phi) is 9.28. The zero-order valence-corrected chi connectivity index (χ0v) is 21.0. The molecule has 0 aliphatic carbocycles. The molecule has 0 amide bonds. The summed E-state index contributed by atoms with van der Waals surface area (Å²) in [5, 5.41) is 0.243. The summed E-state index contributed by atoms with van der Waals surface area (Å²) in [6, 6.07) is 13.4. The van der Waals surface area contributed by atoms with Crippen molar-refractivity contribution >= 4 is 19.2 Å². The highest BCUT2D eigenvalue weighted by Crippen LogP contribution is 2.41. The third-order valence-corrected chi connectivity index (χ3v) is 6.75. The van der Waals surface area contributed by atoms with E-state index in [0.717, 1.165) is 23.0 Å². The van der Waals surface area contributed by atoms with Crippen LogP contribution in [-0.2, 0) is 32.0 Å². The topological polar surface area (TPSA) is 124 Å². The van der Waals surface area contributed by atoms with Gasteiger partial charge in [-0.1, -0.05) is 30.3 Å². The summed E-state index contributed by atoms with van der Waals surface area (Å²) >= 11 is 0.997. The zero-order valence-electron chi connectivity index (χ0n) is 19.3. The van der Waals surface area contributed by atoms with Gasteiger partial charge in [0.25, 0.3) is 0 Å². The summed E-state index contributed by atoms with van der Waals surface area (Å²) in [7, 11) is -4.75. The molecular weight excluding hydrogens is 520 g/mol. The Balaban J connectivity index is 1.64. The minimum Gasteiger partial charge on any atom is -0.491 e. The van der Waals surface area contributed by atoms with Crippen molar-refractivity contribution < 1.29 is 41.5 Å². The molecule has 0 radical (unpaired) electrons. The minimum absolute atomic E-state index is 0.0486. The largest absolute Gasteiger partial charge is 0.491 e. The average Bonchev–Trinajstić information content (AvgIpc) is 3.31. The molecule has 0 saturated carbocycles. The summed E-state index contributed by atoms with van der Waals surface area (Å²) in [5.41, 5.74) is 5.09. The molecule has 0 fully saturated rings. The summed E-state index contributed by atoms with van der Waals surface area (Å²) in [5.74, 6) is -0.318. The van der Waals surface area contributed by atoms with Crippen molar-refractivity contribution in [1.82, 2.24) is 4.98 Å². The number of nitrogens with two attached hydrogens (primary N) is 1. The quantitative estimate of drug-likeness (QED) is 0.220. The summed E-state index contributed by atoms with van der Waals surface area (Å²) in [6.07, 6.45) is -2.63. The van der Waals surface area contributed by atoms with Crippen LogP contribution >= 0.6 is 19.2 Å². The molecule has 4 N–H and O–H groups in total. The first-order chi connectivity index (χ1) is 16.9. The van der Waals surface area contributed by atoms with Crippen LogP contribution in [0.25, 0.3) is 10.4 Å². The molecule has 1 atom stereocenters. The van der Waals surface area contributed by atoms with E-state index in [1.807, 2.05) is 30.3 Å². The number of thiazole rings is 1. The van der Waals surface area contributed by atoms with Crippen LogP contribution in [0, 0.1) is 0 Å². The Morgan fingerprint density at radius 1 is 1.08 bits per heavy atom. The highest BCUT2D eigenvalue weighted by Gasteiger charge is 2.35. The fourth-order valence-corrected chi connectivity index (χ4v) is 4.52. The lowest BCUT2D eigenvalue weighted by molar-refractivity contribution is -0.139. The molecule has 0 spiro atoms. The van der Waals surface area contributed by atoms with E-state index in [0.29, 0.717) is 17.9 Å². The van der Waals surface area contributed by atoms with Crippen LogP contribution in [0.1, 0.15) is 23.1 Å². The Morgan fingerprint density at radius 2 is 1.81 bits per heavy atom. The van der Waals surface area contributed by atoms with E-state index in [9.17, 15) is 17.7 Å². The van der Waals surface area contributed by atoms with Crippen LogP contribution in [0.3, 0.4) is 0 Å². The number of benzene rings is 2. The smallest absolute Gasteiger partial charge is 0.469 e. The van der Waals surface area contributed by atoms with Gasteiger partial charge in [-0.25, -0.2) is 9.55 Å². The van der Waals surface area contributed by atoms with Crippen LogP contribution in [0.4, 0.5) is 13.2 Å². The van der Waals surface area contributed by atoms with Crippen LogP contribution in [-0.4, -0.2) is 41.2 Å². The number of ether oxygens (including phenoxy) is 2. The lowest BCUT2D eigenvalue weighted by atomic mass is 10.1. The van der Waals surface area contributed by atoms with E-state index in [2.05, 4.69) is 9.51 Å². The normalized spacial score (nSPS) is 14.0. The van der Waals surface area contributed by atoms with Gasteiger partial charge >= 0.3 is 14.0 Å². The second-order valence-corrected chi connectivity index (χ2v) is 10.4. The molecule has 13 heteroatoms. The van der Waals surface area contributed by atoms with Crippen molar-refractivity contribution in [3.05, 3.63) is 70.9 Å². The predicted molar refractivity (Wildman–Crippen MR) is 129 cm³/mol. The number of hydrogen-bond acceptors (Lipinski definition) is 7. The molecule has 36 heavy (non-hydrogen) atoms. The molecule has 8 nitrogen and oxygen atoms in total. The molecule has 1 unspecified atom stereocenters. The van der Waals surface area contributed by atoms with Gasteiger partial charge in [0.15, 0.2) is 0 Å². The SMILES string of the molecule is CC(N)(COP(=O)(O)O)c1ncc(-c2ccc(OCCOCCc3ccccc3)c(C(F)(F)F)c2)s1. The monoisotopic (exact) mass is 546 g/mol. The number of halogens is 3. The molecule has 0 aliphatic heterocycles. The van der Waals surface area contributed by atoms with Gasteiger partial charge in [-0.2, -0.15) is 13.2 Å². The summed E-state index contributed by atoms with van der Waals surface area (Å²) in [4.78, 5) is 22.3. The number of aromatic nitrogens is 1. The molecule has 196 valence electrons. The number of phosphoric ester groups is 1. The Morgan fingerprint density at radius 3 is 2.47 bits per heavy atom. The zero-order chi connectivity index (χ0) is 26.4. The first-order valence-corrected chi connectivity index (χ1v) is 13.1. The van der Waals surface area contributed by atoms with Crippen molar-refractivity contribution in [2.75, 3.05) is 26.4 Å². The van der Waals surface area contributed by atoms with Crippen LogP contribution in [0.5, 0.6) is 5.75 Å². The highest BCUT2D eigenvalue weighted by atomic mass is 32.1. The minimum atomic E-state index is -4.75. The van der Waals surface area contributed by atoms with E-state index in [1.165, 1.54) is 25.3 Å². The van der Waals surface area contributed by atoms with Crippen molar-refractivity contribution in [3.8, 4) is 16.2 Å². The number of phosphoric acid groups is 1. The fraction of sp³-hybridized carbons (Fsp3) is 0.348. The van der Waals surface area contributed by atoms with Gasteiger partial charge in [0, 0.05) is 6.20 Å². The fourth-order valence-electron chi connectivity index (χ4n) is 3.13. The van der Waals surface area contributed by atoms with E-state index in [-0.39, 0.29) is 29.5 Å². The molecule has 0 bridgehead atoms. The maximum absolute atomic E-state index is 13.7. The molecule has 3 aromatic rings. The highest BCUT2D eigenvalue weighted by molar-refractivity contribution is 7.46. The van der Waals surface area contributed by atoms with Crippen molar-refractivity contribution in [3.63, 3.8) is 0 Å². The van der Waals surface area contributed by atoms with E-state index in [4.69, 9.17) is 25.0 Å². The van der Waals surface area contributed by atoms with Crippen molar-refractivity contribution in [2.45, 2.75) is 25.1 Å². The van der Waals surface area contributed by atoms with Gasteiger partial charge in [-0.3, -0.25) is 4.52 Å². The third kappa shape index (κ3) is 8.38. The summed E-state index contributed by atoms with van der Waals surface area (Å²) < 4.78 is 67.5. The van der Waals surface area contributed by atoms with E-state index in [1.54, 1.807) is 0 Å². The Labute approximate surface area is 210 Å². The van der Waals surface area contributed by atoms with Gasteiger partial charge in [0.05, 0.1) is 35.8 Å². The van der Waals surface area contributed by atoms with Crippen LogP contribution < -0.4 is 10.5 Å². The second kappa shape index (κ2) is 11.8. The van der Waals surface area contributed by atoms with Crippen molar-refractivity contribution in [2.24, 2.45) is 5.73 Å². The average molecular weight is 547 g/mol. The van der Waals surface area contributed by atoms with Crippen LogP contribution in [0.2, 0.25) is 0 Å². The number of alkyl halides is 3. The Bertz CT molecular complexity index is 1180. The summed E-state index contributed by atoms with van der Waals surface area (Å²) in [6.45, 7) is 1.43. The maximum Gasteiger partial charge on any atom is 0.469 e. The lowest BCUT2D eigenvalue weighted by Crippen LogP contribution is -2.37. The van der Waals surface area contributed by atoms with Gasteiger partial charge in [-0.05, 0) is 42.7 Å². The molecule has 0 saturated heterocycles. The molecule has 0 aliphatic rings. The third-order valence-electron chi connectivity index (χ3n) is 4.96. The van der Waals surface area contributed by atoms with E-state index < -0.39 is 31.7 Å². The molecular formula is C23H26F3N2O6PS. The Hall–Kier alpha value is -2.31. The standard InChI is InChI=1S/C23H26F3N2O6PS/c1-22(27,15-34-35(29,30)31)21-28-14-20(36-21)17-7-8-19(18(13-17)23(24,25)26)33-12-11-32-10-9-16-5-3-2-4-6-16/h2-8,13-14H,9-12,15,27H2,1H3,(H2,29,30,31). The number of hydrogen-bond donors (Lipinski definition) is 3. The maximum atomic E-state index is 13.7. The van der Waals surface area contributed by atoms with Crippen molar-refractivity contribution in [1.29, 1.82) is 0 Å². The predicted octanol–water partition coefficient (Wildman–Crippen LogP) is 4.75. The van der Waals surface area contributed by atoms with Gasteiger partial charge < -0.3 is 25.0 Å². The van der Waals surface area contributed by atoms with Gasteiger partial charge in [0.1, 0.15) is 17.4 Å². The van der Waals surface area contributed by atoms with Gasteiger partial charge in [0.2, 0.25) is 0 Å². The first kappa shape index (κ1) is 28.3.